The molecule has 0 bridgehead atoms. The van der Waals surface area contributed by atoms with E-state index in [1.165, 1.54) is 11.1 Å². The number of likely N-dealkylation sites (N-methyl/N-ethyl adjacent to an activating group) is 1. The number of hydrogen-bond acceptors (Lipinski definition) is 8. The minimum Gasteiger partial charge on any atom is -0.402 e. The molecular weight excluding hydrogens is 415 g/mol. The second-order valence-electron chi connectivity index (χ2n) is 10.3. The molecule has 176 valence electrons. The van der Waals surface area contributed by atoms with Crippen LogP contribution in [0.5, 0.6) is 0 Å². The summed E-state index contributed by atoms with van der Waals surface area (Å²) >= 11 is 0. The summed E-state index contributed by atoms with van der Waals surface area (Å²) in [6, 6.07) is 9.02. The van der Waals surface area contributed by atoms with Gasteiger partial charge >= 0.3 is 7.12 Å². The van der Waals surface area contributed by atoms with E-state index in [-0.39, 0.29) is 18.8 Å². The van der Waals surface area contributed by atoms with E-state index in [2.05, 4.69) is 83.7 Å². The molecule has 3 aliphatic heterocycles. The quantitative estimate of drug-likeness (QED) is 0.708. The molecule has 2 aromatic rings. The van der Waals surface area contributed by atoms with Gasteiger partial charge in [-0.2, -0.15) is 9.97 Å². The van der Waals surface area contributed by atoms with Crippen molar-refractivity contribution < 1.29 is 9.31 Å². The van der Waals surface area contributed by atoms with Crippen molar-refractivity contribution in [3.05, 3.63) is 35.4 Å². The summed E-state index contributed by atoms with van der Waals surface area (Å²) in [5, 5.41) is 0. The van der Waals surface area contributed by atoms with Crippen molar-refractivity contribution in [2.75, 3.05) is 48.8 Å². The van der Waals surface area contributed by atoms with Crippen molar-refractivity contribution in [2.45, 2.75) is 58.4 Å². The summed E-state index contributed by atoms with van der Waals surface area (Å²) in [5.74, 6) is 2.14. The molecule has 33 heavy (non-hydrogen) atoms. The van der Waals surface area contributed by atoms with Crippen molar-refractivity contribution in [2.24, 2.45) is 0 Å². The fourth-order valence-electron chi connectivity index (χ4n) is 4.89. The molecule has 1 aromatic heterocycles. The van der Waals surface area contributed by atoms with Crippen LogP contribution in [0.4, 0.5) is 17.6 Å². The molecule has 0 spiro atoms. The maximum absolute atomic E-state index is 6.19. The molecule has 4 heterocycles. The van der Waals surface area contributed by atoms with Gasteiger partial charge in [0.15, 0.2) is 0 Å². The summed E-state index contributed by atoms with van der Waals surface area (Å²) in [7, 11) is 1.83. The molecule has 0 aliphatic carbocycles. The lowest BCUT2D eigenvalue weighted by Gasteiger charge is -2.37. The molecule has 2 saturated heterocycles. The first-order valence-electron chi connectivity index (χ1n) is 12.0. The molecule has 5 rings (SSSR count). The monoisotopic (exact) mass is 450 g/mol. The topological polar surface area (TPSA) is 80.0 Å². The Morgan fingerprint density at radius 2 is 1.76 bits per heavy atom. The fourth-order valence-corrected chi connectivity index (χ4v) is 4.89. The molecule has 8 nitrogen and oxygen atoms in total. The van der Waals surface area contributed by atoms with E-state index in [1.807, 2.05) is 0 Å². The Kier molecular flexibility index (Phi) is 5.75. The number of benzene rings is 1. The number of aromatic nitrogens is 2. The van der Waals surface area contributed by atoms with Gasteiger partial charge < -0.3 is 29.7 Å². The van der Waals surface area contributed by atoms with Crippen molar-refractivity contribution in [1.82, 2.24) is 14.9 Å². The summed E-state index contributed by atoms with van der Waals surface area (Å²) in [4.78, 5) is 16.2. The lowest BCUT2D eigenvalue weighted by atomic mass is 9.77. The molecule has 9 heteroatoms. The fraction of sp³-hybridized carbons (Fsp3) is 0.583. The SMILES string of the molecule is CC1Cc2ccc(B3OC(C)C(C)(C)O3)cc2CN1c1cc(N2CCN(C)CC2)nc(N)n1. The van der Waals surface area contributed by atoms with Gasteiger partial charge in [-0.05, 0) is 57.8 Å². The lowest BCUT2D eigenvalue weighted by molar-refractivity contribution is 0.0842. The largest absolute Gasteiger partial charge is 0.494 e. The van der Waals surface area contributed by atoms with Crippen LogP contribution in [0.3, 0.4) is 0 Å². The van der Waals surface area contributed by atoms with Crippen molar-refractivity contribution in [3.8, 4) is 0 Å². The highest BCUT2D eigenvalue weighted by molar-refractivity contribution is 6.62. The molecule has 2 atom stereocenters. The first kappa shape index (κ1) is 22.4. The van der Waals surface area contributed by atoms with E-state index in [0.29, 0.717) is 12.0 Å². The maximum atomic E-state index is 6.19. The summed E-state index contributed by atoms with van der Waals surface area (Å²) in [5.41, 5.74) is 9.60. The zero-order valence-corrected chi connectivity index (χ0v) is 20.4. The summed E-state index contributed by atoms with van der Waals surface area (Å²) in [6.07, 6.45) is 1.00. The van der Waals surface area contributed by atoms with Crippen LogP contribution in [-0.2, 0) is 22.3 Å². The number of piperazine rings is 1. The highest BCUT2D eigenvalue weighted by Crippen LogP contribution is 2.31. The number of nitrogens with two attached hydrogens (primary N) is 1. The number of anilines is 3. The van der Waals surface area contributed by atoms with Crippen LogP contribution >= 0.6 is 0 Å². The van der Waals surface area contributed by atoms with Crippen LogP contribution in [0.2, 0.25) is 0 Å². The normalized spacial score (nSPS) is 25.4. The Hall–Kier alpha value is -2.36. The first-order chi connectivity index (χ1) is 15.7. The van der Waals surface area contributed by atoms with Gasteiger partial charge in [0.05, 0.1) is 11.7 Å². The van der Waals surface area contributed by atoms with Gasteiger partial charge in [-0.25, -0.2) is 0 Å². The van der Waals surface area contributed by atoms with E-state index < -0.39 is 0 Å². The van der Waals surface area contributed by atoms with Gasteiger partial charge in [0.1, 0.15) is 11.6 Å². The zero-order chi connectivity index (χ0) is 23.3. The van der Waals surface area contributed by atoms with E-state index in [0.717, 1.165) is 56.2 Å². The standard InChI is InChI=1S/C24H35BN6O2/c1-16-12-18-6-7-20(25-32-17(2)24(3,4)33-25)13-19(18)15-31(16)22-14-21(27-23(26)28-22)30-10-8-29(5)9-11-30/h6-7,13-14,16-17H,8-12,15H2,1-5H3,(H2,26,27,28). The Morgan fingerprint density at radius 1 is 1.03 bits per heavy atom. The molecule has 1 aromatic carbocycles. The molecule has 0 saturated carbocycles. The average Bonchev–Trinajstić information content (AvgIpc) is 3.05. The lowest BCUT2D eigenvalue weighted by Crippen LogP contribution is -2.45. The van der Waals surface area contributed by atoms with E-state index in [4.69, 9.17) is 15.0 Å². The van der Waals surface area contributed by atoms with Gasteiger partial charge in [0, 0.05) is 44.8 Å². The number of rotatable bonds is 3. The third-order valence-electron chi connectivity index (χ3n) is 7.45. The number of nitrogen functional groups attached to an aromatic ring is 1. The molecule has 2 unspecified atom stereocenters. The van der Waals surface area contributed by atoms with Gasteiger partial charge in [-0.3, -0.25) is 0 Å². The summed E-state index contributed by atoms with van der Waals surface area (Å²) < 4.78 is 12.3. The van der Waals surface area contributed by atoms with Crippen LogP contribution < -0.4 is 21.0 Å². The minimum atomic E-state index is -0.327. The Bertz CT molecular complexity index is 1030. The van der Waals surface area contributed by atoms with Crippen LogP contribution in [0.15, 0.2) is 24.3 Å². The smallest absolute Gasteiger partial charge is 0.402 e. The maximum Gasteiger partial charge on any atom is 0.494 e. The molecule has 2 fully saturated rings. The molecular formula is C24H35BN6O2. The van der Waals surface area contributed by atoms with Gasteiger partial charge in [0.2, 0.25) is 5.95 Å². The van der Waals surface area contributed by atoms with Gasteiger partial charge in [0.25, 0.3) is 0 Å². The molecule has 2 N–H and O–H groups in total. The van der Waals surface area contributed by atoms with Gasteiger partial charge in [-0.1, -0.05) is 18.2 Å². The third-order valence-corrected chi connectivity index (χ3v) is 7.45. The van der Waals surface area contributed by atoms with Crippen LogP contribution in [0, 0.1) is 0 Å². The van der Waals surface area contributed by atoms with E-state index >= 15 is 0 Å². The Morgan fingerprint density at radius 3 is 2.45 bits per heavy atom. The van der Waals surface area contributed by atoms with Crippen molar-refractivity contribution >= 4 is 30.2 Å². The van der Waals surface area contributed by atoms with Crippen LogP contribution in [0.1, 0.15) is 38.8 Å². The predicted molar refractivity (Wildman–Crippen MR) is 133 cm³/mol. The van der Waals surface area contributed by atoms with Gasteiger partial charge in [-0.15, -0.1) is 0 Å². The molecule has 3 aliphatic rings. The first-order valence-corrected chi connectivity index (χ1v) is 12.0. The Labute approximate surface area is 197 Å². The highest BCUT2D eigenvalue weighted by atomic mass is 16.7. The minimum absolute atomic E-state index is 0.0482. The van der Waals surface area contributed by atoms with Crippen LogP contribution in [-0.4, -0.2) is 73.0 Å². The predicted octanol–water partition coefficient (Wildman–Crippen LogP) is 1.67. The molecule has 0 amide bonds. The van der Waals surface area contributed by atoms with Crippen LogP contribution in [0.25, 0.3) is 0 Å². The average molecular weight is 450 g/mol. The second kappa shape index (κ2) is 8.45. The number of hydrogen-bond donors (Lipinski definition) is 1. The molecule has 0 radical (unpaired) electrons. The van der Waals surface area contributed by atoms with E-state index in [1.54, 1.807) is 0 Å². The van der Waals surface area contributed by atoms with E-state index in [9.17, 15) is 0 Å². The number of fused-ring (bicyclic) bond motifs is 1. The van der Waals surface area contributed by atoms with Crippen molar-refractivity contribution in [3.63, 3.8) is 0 Å². The van der Waals surface area contributed by atoms with Crippen molar-refractivity contribution in [1.29, 1.82) is 0 Å². The Balaban J connectivity index is 1.40. The summed E-state index contributed by atoms with van der Waals surface area (Å²) in [6.45, 7) is 13.2. The number of nitrogens with zero attached hydrogens (tertiary/aromatic N) is 5. The highest BCUT2D eigenvalue weighted by Gasteiger charge is 2.44. The third kappa shape index (κ3) is 4.41. The second-order valence-corrected chi connectivity index (χ2v) is 10.3. The zero-order valence-electron chi connectivity index (χ0n) is 20.4.